The predicted octanol–water partition coefficient (Wildman–Crippen LogP) is 5.64. The molecule has 4 aromatic rings. The summed E-state index contributed by atoms with van der Waals surface area (Å²) in [7, 11) is 2.63. The van der Waals surface area contributed by atoms with Gasteiger partial charge in [-0.05, 0) is 54.4 Å². The van der Waals surface area contributed by atoms with E-state index in [1.807, 2.05) is 17.0 Å². The van der Waals surface area contributed by atoms with Gasteiger partial charge in [0.1, 0.15) is 5.82 Å². The smallest absolute Gasteiger partial charge is 0.339 e. The van der Waals surface area contributed by atoms with Crippen LogP contribution in [0.15, 0.2) is 84.9 Å². The van der Waals surface area contributed by atoms with E-state index in [0.717, 1.165) is 9.87 Å². The van der Waals surface area contributed by atoms with Crippen molar-refractivity contribution in [2.75, 3.05) is 23.4 Å². The number of carbonyl (C=O) groups is 2. The molecule has 0 saturated heterocycles. The third-order valence-electron chi connectivity index (χ3n) is 6.90. The van der Waals surface area contributed by atoms with E-state index in [2.05, 4.69) is 0 Å². The van der Waals surface area contributed by atoms with Crippen molar-refractivity contribution in [2.45, 2.75) is 32.0 Å². The minimum atomic E-state index is -2.72. The number of anilines is 3. The van der Waals surface area contributed by atoms with Crippen LogP contribution in [0.4, 0.5) is 21.5 Å². The van der Waals surface area contributed by atoms with Gasteiger partial charge in [0.25, 0.3) is 0 Å². The number of carboxylic acids is 1. The minimum absolute atomic E-state index is 0.144. The standard InChI is InChI=1S/C31H31FN2O7S/c1-20(18-29(35)36)33(19-21-8-12-23(32)13-9-21)27-16-17-28(26-7-5-4-6-25(26)27)34(42(38)39)24-14-10-22(11-15-24)30(40-2)31(37)41-3/h4-17,20,30H,18-19H2,1-3H3,(H,35,36)(H,38,39)/p-1/t20-,30?/m0/s1. The molecular weight excluding hydrogens is 563 g/mol. The Morgan fingerprint density at radius 3 is 2.07 bits per heavy atom. The van der Waals surface area contributed by atoms with Gasteiger partial charge in [0.2, 0.25) is 0 Å². The molecule has 2 unspecified atom stereocenters. The molecule has 4 aromatic carbocycles. The molecule has 0 aromatic heterocycles. The van der Waals surface area contributed by atoms with Crippen LogP contribution in [-0.2, 0) is 36.9 Å². The fourth-order valence-corrected chi connectivity index (χ4v) is 5.50. The summed E-state index contributed by atoms with van der Waals surface area (Å²) >= 11 is -2.72. The Kier molecular flexibility index (Phi) is 9.89. The van der Waals surface area contributed by atoms with Crippen molar-refractivity contribution < 1.29 is 37.3 Å². The Morgan fingerprint density at radius 2 is 1.52 bits per heavy atom. The molecule has 0 spiro atoms. The molecule has 0 radical (unpaired) electrons. The second-order valence-corrected chi connectivity index (χ2v) is 10.4. The van der Waals surface area contributed by atoms with E-state index in [4.69, 9.17) is 9.47 Å². The molecule has 42 heavy (non-hydrogen) atoms. The molecule has 4 rings (SSSR count). The summed E-state index contributed by atoms with van der Waals surface area (Å²) in [5.74, 6) is -1.93. The van der Waals surface area contributed by atoms with Crippen LogP contribution in [0.3, 0.4) is 0 Å². The summed E-state index contributed by atoms with van der Waals surface area (Å²) in [5.41, 5.74) is 2.67. The molecular formula is C31H30FN2O7S-. The van der Waals surface area contributed by atoms with Crippen molar-refractivity contribution in [3.63, 3.8) is 0 Å². The van der Waals surface area contributed by atoms with Gasteiger partial charge in [-0.2, -0.15) is 0 Å². The fraction of sp³-hybridized carbons (Fsp3) is 0.226. The fourth-order valence-electron chi connectivity index (χ4n) is 4.89. The van der Waals surface area contributed by atoms with Gasteiger partial charge in [-0.15, -0.1) is 0 Å². The van der Waals surface area contributed by atoms with Gasteiger partial charge >= 0.3 is 11.9 Å². The summed E-state index contributed by atoms with van der Waals surface area (Å²) in [4.78, 5) is 25.6. The van der Waals surface area contributed by atoms with Gasteiger partial charge in [-0.25, -0.2) is 9.18 Å². The van der Waals surface area contributed by atoms with Gasteiger partial charge in [0.15, 0.2) is 6.10 Å². The highest BCUT2D eigenvalue weighted by atomic mass is 32.2. The summed E-state index contributed by atoms with van der Waals surface area (Å²) in [5, 5.41) is 10.8. The third kappa shape index (κ3) is 6.76. The number of methoxy groups -OCH3 is 2. The predicted molar refractivity (Wildman–Crippen MR) is 158 cm³/mol. The molecule has 0 aliphatic rings. The zero-order valence-electron chi connectivity index (χ0n) is 23.2. The summed E-state index contributed by atoms with van der Waals surface area (Å²) in [6, 6.07) is 22.5. The molecule has 3 atom stereocenters. The van der Waals surface area contributed by atoms with Gasteiger partial charge in [-0.3, -0.25) is 13.3 Å². The van der Waals surface area contributed by atoms with E-state index in [-0.39, 0.29) is 12.2 Å². The number of benzene rings is 4. The van der Waals surface area contributed by atoms with E-state index in [9.17, 15) is 27.8 Å². The number of carboxylic acid groups (broad SMARTS) is 1. The first kappa shape index (κ1) is 30.6. The Balaban J connectivity index is 1.80. The van der Waals surface area contributed by atoms with Crippen molar-refractivity contribution in [2.24, 2.45) is 0 Å². The largest absolute Gasteiger partial charge is 0.755 e. The maximum absolute atomic E-state index is 13.6. The van der Waals surface area contributed by atoms with Crippen LogP contribution in [-0.4, -0.2) is 46.1 Å². The number of nitrogens with zero attached hydrogens (tertiary/aromatic N) is 2. The van der Waals surface area contributed by atoms with Crippen LogP contribution in [0.5, 0.6) is 0 Å². The van der Waals surface area contributed by atoms with Crippen LogP contribution in [0.25, 0.3) is 10.8 Å². The van der Waals surface area contributed by atoms with Crippen molar-refractivity contribution in [3.8, 4) is 0 Å². The maximum Gasteiger partial charge on any atom is 0.339 e. The number of ether oxygens (including phenoxy) is 2. The Labute approximate surface area is 245 Å². The minimum Gasteiger partial charge on any atom is -0.755 e. The lowest BCUT2D eigenvalue weighted by Crippen LogP contribution is -2.34. The summed E-state index contributed by atoms with van der Waals surface area (Å²) < 4.78 is 49.9. The van der Waals surface area contributed by atoms with E-state index in [1.165, 1.54) is 26.4 Å². The number of esters is 1. The number of rotatable bonds is 12. The summed E-state index contributed by atoms with van der Waals surface area (Å²) in [6.07, 6.45) is -1.11. The van der Waals surface area contributed by atoms with Crippen molar-refractivity contribution >= 4 is 51.0 Å². The van der Waals surface area contributed by atoms with Crippen molar-refractivity contribution in [1.29, 1.82) is 0 Å². The Bertz CT molecular complexity index is 1580. The average Bonchev–Trinajstić information content (AvgIpc) is 2.97. The number of carbonyl (C=O) groups excluding carboxylic acids is 1. The lowest BCUT2D eigenvalue weighted by atomic mass is 10.0. The van der Waals surface area contributed by atoms with Crippen molar-refractivity contribution in [1.82, 2.24) is 0 Å². The van der Waals surface area contributed by atoms with Crippen LogP contribution in [0.1, 0.15) is 30.6 Å². The first-order chi connectivity index (χ1) is 20.1. The third-order valence-corrected chi connectivity index (χ3v) is 7.61. The highest BCUT2D eigenvalue weighted by molar-refractivity contribution is 7.81. The molecule has 0 saturated carbocycles. The van der Waals surface area contributed by atoms with Crippen LogP contribution in [0, 0.1) is 5.82 Å². The van der Waals surface area contributed by atoms with Crippen molar-refractivity contribution in [3.05, 3.63) is 102 Å². The Morgan fingerprint density at radius 1 is 0.929 bits per heavy atom. The molecule has 0 aliphatic carbocycles. The molecule has 0 aliphatic heterocycles. The molecule has 9 nitrogen and oxygen atoms in total. The normalized spacial score (nSPS) is 13.3. The molecule has 0 heterocycles. The monoisotopic (exact) mass is 593 g/mol. The highest BCUT2D eigenvalue weighted by Gasteiger charge is 2.24. The molecule has 220 valence electrons. The quantitative estimate of drug-likeness (QED) is 0.166. The van der Waals surface area contributed by atoms with E-state index in [1.54, 1.807) is 67.6 Å². The topological polar surface area (TPSA) is 119 Å². The van der Waals surface area contributed by atoms with Gasteiger partial charge < -0.3 is 24.0 Å². The highest BCUT2D eigenvalue weighted by Crippen LogP contribution is 2.39. The number of halogens is 1. The number of aliphatic carboxylic acids is 1. The average molecular weight is 594 g/mol. The maximum atomic E-state index is 13.6. The second kappa shape index (κ2) is 13.6. The lowest BCUT2D eigenvalue weighted by Gasteiger charge is -2.34. The molecule has 0 amide bonds. The van der Waals surface area contributed by atoms with Crippen LogP contribution >= 0.6 is 0 Å². The summed E-state index contributed by atoms with van der Waals surface area (Å²) in [6.45, 7) is 2.10. The second-order valence-electron chi connectivity index (χ2n) is 9.59. The van der Waals surface area contributed by atoms with E-state index < -0.39 is 35.4 Å². The van der Waals surface area contributed by atoms with E-state index >= 15 is 0 Å². The van der Waals surface area contributed by atoms with Gasteiger partial charge in [0.05, 0.1) is 36.2 Å². The number of fused-ring (bicyclic) bond motifs is 1. The zero-order valence-corrected chi connectivity index (χ0v) is 24.0. The first-order valence-corrected chi connectivity index (χ1v) is 14.0. The van der Waals surface area contributed by atoms with Gasteiger partial charge in [0, 0.05) is 36.2 Å². The number of hydrogen-bond acceptors (Lipinski definition) is 7. The molecule has 1 N–H and O–H groups in total. The van der Waals surface area contributed by atoms with Gasteiger partial charge in [-0.1, -0.05) is 48.5 Å². The molecule has 0 bridgehead atoms. The lowest BCUT2D eigenvalue weighted by molar-refractivity contribution is -0.152. The molecule has 0 fully saturated rings. The number of hydrogen-bond donors (Lipinski definition) is 1. The SMILES string of the molecule is COC(=O)C(OC)c1ccc(N(c2ccc(N(Cc3ccc(F)cc3)[C@@H](C)CC(=O)O)c3ccccc23)S(=O)[O-])cc1. The Hall–Kier alpha value is -4.32. The van der Waals surface area contributed by atoms with Crippen LogP contribution in [0.2, 0.25) is 0 Å². The first-order valence-electron chi connectivity index (χ1n) is 13.0. The van der Waals surface area contributed by atoms with Crippen LogP contribution < -0.4 is 9.21 Å². The van der Waals surface area contributed by atoms with E-state index in [0.29, 0.717) is 39.9 Å². The molecule has 11 heteroatoms. The zero-order chi connectivity index (χ0) is 30.4.